The number of nitrogens with two attached hydrogens (primary N) is 2. The average molecular weight is 1030 g/mol. The lowest BCUT2D eigenvalue weighted by molar-refractivity contribution is -0.143. The number of benzene rings is 2. The Morgan fingerprint density at radius 2 is 1.41 bits per heavy atom. The predicted octanol–water partition coefficient (Wildman–Crippen LogP) is 3.04. The normalized spacial score (nSPS) is 24.3. The van der Waals surface area contributed by atoms with Crippen molar-refractivity contribution in [3.8, 4) is 11.5 Å². The van der Waals surface area contributed by atoms with Crippen LogP contribution in [0.15, 0.2) is 84.4 Å². The molecule has 19 heteroatoms. The summed E-state index contributed by atoms with van der Waals surface area (Å²) in [6.07, 6.45) is 10.8. The summed E-state index contributed by atoms with van der Waals surface area (Å²) >= 11 is 0. The van der Waals surface area contributed by atoms with Crippen LogP contribution in [0.5, 0.6) is 11.5 Å². The molecule has 2 unspecified atom stereocenters. The lowest BCUT2D eigenvalue weighted by Crippen LogP contribution is -2.64. The van der Waals surface area contributed by atoms with Crippen LogP contribution in [0.1, 0.15) is 78.4 Å². The molecule has 2 aromatic rings. The highest BCUT2D eigenvalue weighted by Crippen LogP contribution is 2.66. The maximum atomic E-state index is 13.4. The maximum Gasteiger partial charge on any atom is 0.334 e. The lowest BCUT2D eigenvalue weighted by atomic mass is 9.48. The van der Waals surface area contributed by atoms with Crippen LogP contribution in [0.3, 0.4) is 0 Å². The summed E-state index contributed by atoms with van der Waals surface area (Å²) in [7, 11) is 3.91. The highest BCUT2D eigenvalue weighted by Gasteiger charge is 2.69. The maximum absolute atomic E-state index is 13.4. The number of nitrogens with zero attached hydrogens (tertiary/aromatic N) is 1. The summed E-state index contributed by atoms with van der Waals surface area (Å²) in [4.78, 5) is 91.9. The summed E-state index contributed by atoms with van der Waals surface area (Å²) in [5.41, 5.74) is 12.7. The van der Waals surface area contributed by atoms with Crippen molar-refractivity contribution in [1.29, 1.82) is 0 Å². The summed E-state index contributed by atoms with van der Waals surface area (Å²) in [6, 6.07) is 7.44. The summed E-state index contributed by atoms with van der Waals surface area (Å²) in [6.45, 7) is 11.5. The zero-order valence-corrected chi connectivity index (χ0v) is 43.7. The summed E-state index contributed by atoms with van der Waals surface area (Å²) in [5.74, 6) is -1.49. The van der Waals surface area contributed by atoms with Gasteiger partial charge >= 0.3 is 11.9 Å². The van der Waals surface area contributed by atoms with Gasteiger partial charge in [0.1, 0.15) is 41.4 Å². The number of likely N-dealkylation sites (tertiary alicyclic amines) is 1. The fraction of sp³-hybridized carbons (Fsp3) is 0.545. The van der Waals surface area contributed by atoms with Gasteiger partial charge < -0.3 is 62.1 Å². The Hall–Kier alpha value is -6.57. The smallest absolute Gasteiger partial charge is 0.334 e. The van der Waals surface area contributed by atoms with Crippen molar-refractivity contribution in [3.63, 3.8) is 0 Å². The number of hydrogen-bond acceptors (Lipinski definition) is 14. The van der Waals surface area contributed by atoms with Gasteiger partial charge in [0.25, 0.3) is 0 Å². The monoisotopic (exact) mass is 1030 g/mol. The first kappa shape index (κ1) is 56.7. The number of carbonyl (C=O) groups excluding carboxylic acids is 6. The minimum Gasteiger partial charge on any atom is -0.508 e. The number of methoxy groups -OCH3 is 1. The Balaban J connectivity index is 0.000000328. The van der Waals surface area contributed by atoms with Gasteiger partial charge in [-0.25, -0.2) is 9.59 Å². The number of phenols is 1. The second kappa shape index (κ2) is 24.6. The molecule has 3 aliphatic carbocycles. The van der Waals surface area contributed by atoms with Crippen molar-refractivity contribution in [2.75, 3.05) is 27.2 Å². The Kier molecular flexibility index (Phi) is 18.9. The van der Waals surface area contributed by atoms with E-state index in [1.807, 2.05) is 33.8 Å². The molecule has 5 aliphatic rings. The van der Waals surface area contributed by atoms with Gasteiger partial charge in [-0.2, -0.15) is 0 Å². The third-order valence-corrected chi connectivity index (χ3v) is 14.7. The Bertz CT molecular complexity index is 2470. The predicted molar refractivity (Wildman–Crippen MR) is 274 cm³/mol. The molecule has 7 rings (SSSR count). The molecule has 2 saturated heterocycles. The number of allylic oxidation sites excluding steroid dienone is 3. The molecule has 1 spiro atoms. The number of ether oxygens (including phenoxy) is 3. The van der Waals surface area contributed by atoms with Crippen molar-refractivity contribution in [3.05, 3.63) is 95.5 Å². The number of carbonyl (C=O) groups is 7. The van der Waals surface area contributed by atoms with Gasteiger partial charge in [-0.3, -0.25) is 24.0 Å². The van der Waals surface area contributed by atoms with Crippen LogP contribution < -0.4 is 37.5 Å². The molecule has 0 radical (unpaired) electrons. The van der Waals surface area contributed by atoms with Crippen molar-refractivity contribution >= 4 is 41.4 Å². The van der Waals surface area contributed by atoms with Gasteiger partial charge in [0.15, 0.2) is 17.6 Å². The van der Waals surface area contributed by atoms with E-state index in [-0.39, 0.29) is 66.4 Å². The number of carboxylic acids is 1. The molecule has 10 N–H and O–H groups in total. The SMILES string of the molecule is CC(C)C[C@H](NC(=O)[C@H](Cc1ccc(O)cc1)NC(=O)CN)C(=O)Oc1ccc(C[C@H](NC(=O)[C@@H](N)CC(C)C)C(=O)N[C@H](C(=O)O)C(C)C)cc1.COC1=C2O[C@H]3C(=O)C=C[C@H]4[C@H]5CC(C=C1)C2[C@@]34CCN5C. The number of aromatic hydroxyl groups is 1. The van der Waals surface area contributed by atoms with Crippen LogP contribution in [-0.2, 0) is 55.9 Å². The Morgan fingerprint density at radius 1 is 0.811 bits per heavy atom. The number of esters is 1. The first-order chi connectivity index (χ1) is 35.1. The number of aliphatic carboxylic acids is 1. The molecule has 1 saturated carbocycles. The highest BCUT2D eigenvalue weighted by molar-refractivity contribution is 5.96. The highest BCUT2D eigenvalue weighted by atomic mass is 16.5. The first-order valence-corrected chi connectivity index (χ1v) is 25.6. The number of nitrogens with one attached hydrogen (secondary N) is 4. The number of piperidine rings is 1. The minimum atomic E-state index is -1.21. The molecule has 2 aromatic carbocycles. The second-order valence-corrected chi connectivity index (χ2v) is 21.4. The summed E-state index contributed by atoms with van der Waals surface area (Å²) < 4.78 is 17.4. The van der Waals surface area contributed by atoms with Gasteiger partial charge in [0, 0.05) is 36.1 Å². The van der Waals surface area contributed by atoms with Crippen LogP contribution in [0.2, 0.25) is 0 Å². The van der Waals surface area contributed by atoms with Gasteiger partial charge in [0.05, 0.1) is 19.7 Å². The standard InChI is InChI=1S/C37H54N6O9.C18H21NO3/c1-20(2)15-27(39)33(46)41-29(35(48)43-32(22(5)6)36(49)50)18-24-9-13-26(14-10-24)52-37(51)30(16-21(3)4)42-34(47)28(40-31(45)19-38)17-23-7-11-25(44)12-8-23;1-19-8-7-18-11-4-5-13(20)17(18)22-16-14(21-2)6-3-10(15(16)18)9-12(11)19/h7-14,20-22,27-30,32,44H,15-19,38-39H2,1-6H3,(H,40,45)(H,41,46)(H,42,47)(H,43,48)(H,49,50);3-6,10-12,15,17H,7-9H2,1-2H3/t27-,28-,29-,30-,32-;10?,11-,12+,15?,17-,18-/m00/s1. The van der Waals surface area contributed by atoms with E-state index in [0.717, 1.165) is 30.9 Å². The van der Waals surface area contributed by atoms with E-state index >= 15 is 0 Å². The molecule has 0 aromatic heterocycles. The van der Waals surface area contributed by atoms with Gasteiger partial charge in [-0.1, -0.05) is 78.0 Å². The van der Waals surface area contributed by atoms with E-state index in [1.54, 1.807) is 51.3 Å². The van der Waals surface area contributed by atoms with Crippen molar-refractivity contribution in [2.45, 2.75) is 122 Å². The van der Waals surface area contributed by atoms with E-state index in [0.29, 0.717) is 41.3 Å². The topological polar surface area (TPSA) is 291 Å². The third kappa shape index (κ3) is 13.2. The molecule has 402 valence electrons. The van der Waals surface area contributed by atoms with E-state index in [4.69, 9.17) is 25.7 Å². The van der Waals surface area contributed by atoms with Gasteiger partial charge in [-0.05, 0) is 110 Å². The number of hydrogen-bond donors (Lipinski definition) is 8. The number of ketones is 1. The molecular formula is C55H75N7O12. The lowest BCUT2D eigenvalue weighted by Gasteiger charge is -2.59. The molecule has 19 nitrogen and oxygen atoms in total. The van der Waals surface area contributed by atoms with E-state index in [1.165, 1.54) is 24.3 Å². The zero-order chi connectivity index (χ0) is 54.2. The first-order valence-electron chi connectivity index (χ1n) is 25.6. The molecule has 2 heterocycles. The van der Waals surface area contributed by atoms with Crippen molar-refractivity contribution in [2.24, 2.45) is 52.4 Å². The molecule has 74 heavy (non-hydrogen) atoms. The third-order valence-electron chi connectivity index (χ3n) is 14.7. The molecule has 11 atom stereocenters. The van der Waals surface area contributed by atoms with Crippen LogP contribution in [0, 0.1) is 40.9 Å². The van der Waals surface area contributed by atoms with Crippen LogP contribution in [0.25, 0.3) is 0 Å². The molecule has 4 amide bonds. The minimum absolute atomic E-state index is 0.0202. The van der Waals surface area contributed by atoms with Crippen LogP contribution in [0.4, 0.5) is 0 Å². The molecule has 2 aliphatic heterocycles. The van der Waals surface area contributed by atoms with Crippen LogP contribution >= 0.6 is 0 Å². The molecule has 3 fully saturated rings. The van der Waals surface area contributed by atoms with Crippen LogP contribution in [-0.4, -0.2) is 126 Å². The van der Waals surface area contributed by atoms with Crippen molar-refractivity contribution in [1.82, 2.24) is 26.2 Å². The largest absolute Gasteiger partial charge is 0.508 e. The number of amides is 4. The Labute approximate surface area is 433 Å². The average Bonchev–Trinajstić information content (AvgIpc) is 3.71. The fourth-order valence-corrected chi connectivity index (χ4v) is 11.1. The fourth-order valence-electron chi connectivity index (χ4n) is 11.1. The van der Waals surface area contributed by atoms with Gasteiger partial charge in [0.2, 0.25) is 23.6 Å². The number of carboxylic acid groups (broad SMARTS) is 1. The van der Waals surface area contributed by atoms with E-state index < -0.39 is 71.7 Å². The molecular weight excluding hydrogens is 951 g/mol. The second-order valence-electron chi connectivity index (χ2n) is 21.4. The molecule has 2 bridgehead atoms. The van der Waals surface area contributed by atoms with E-state index in [2.05, 4.69) is 45.4 Å². The van der Waals surface area contributed by atoms with Crippen molar-refractivity contribution < 1.29 is 58.0 Å². The number of phenolic OH excluding ortho intramolecular Hbond substituents is 1. The number of rotatable bonds is 21. The summed E-state index contributed by atoms with van der Waals surface area (Å²) in [5, 5.41) is 29.6. The quantitative estimate of drug-likeness (QED) is 0.0659. The van der Waals surface area contributed by atoms with E-state index in [9.17, 15) is 43.8 Å². The van der Waals surface area contributed by atoms with Gasteiger partial charge in [-0.15, -0.1) is 0 Å². The zero-order valence-electron chi connectivity index (χ0n) is 43.7. The Morgan fingerprint density at radius 3 is 1.99 bits per heavy atom.